The molecule has 2 amide bonds. The molecule has 2 heterocycles. The van der Waals surface area contributed by atoms with Crippen LogP contribution in [0.3, 0.4) is 0 Å². The molecule has 5 rings (SSSR count). The molecule has 1 N–H and O–H groups in total. The van der Waals surface area contributed by atoms with Gasteiger partial charge in [0.15, 0.2) is 0 Å². The number of nitrogens with zero attached hydrogens (tertiary/aromatic N) is 1. The van der Waals surface area contributed by atoms with Gasteiger partial charge in [-0.15, -0.1) is 0 Å². The van der Waals surface area contributed by atoms with Gasteiger partial charge in [0.1, 0.15) is 18.1 Å². The molecule has 6 heteroatoms. The molecule has 36 heavy (non-hydrogen) atoms. The number of fused-ring (bicyclic) bond motifs is 3. The topological polar surface area (TPSA) is 76.1 Å². The van der Waals surface area contributed by atoms with Crippen molar-refractivity contribution in [2.45, 2.75) is 38.7 Å². The minimum Gasteiger partial charge on any atom is -0.508 e. The van der Waals surface area contributed by atoms with E-state index in [4.69, 9.17) is 9.47 Å². The lowest BCUT2D eigenvalue weighted by Gasteiger charge is -2.31. The number of rotatable bonds is 8. The van der Waals surface area contributed by atoms with Gasteiger partial charge in [-0.05, 0) is 66.7 Å². The first-order chi connectivity index (χ1) is 17.5. The van der Waals surface area contributed by atoms with E-state index < -0.39 is 0 Å². The van der Waals surface area contributed by atoms with Crippen molar-refractivity contribution in [1.29, 1.82) is 0 Å². The molecular formula is C30H33NO5. The zero-order valence-corrected chi connectivity index (χ0v) is 20.9. The van der Waals surface area contributed by atoms with Gasteiger partial charge in [-0.2, -0.15) is 0 Å². The van der Waals surface area contributed by atoms with Crippen molar-refractivity contribution in [3.63, 3.8) is 0 Å². The van der Waals surface area contributed by atoms with E-state index in [1.165, 1.54) is 10.5 Å². The van der Waals surface area contributed by atoms with E-state index in [0.717, 1.165) is 41.7 Å². The molecule has 0 radical (unpaired) electrons. The fourth-order valence-electron chi connectivity index (χ4n) is 5.97. The van der Waals surface area contributed by atoms with Crippen LogP contribution in [0.4, 0.5) is 0 Å². The number of carbonyl (C=O) groups excluding carboxylic acids is 2. The molecule has 0 aromatic heterocycles. The zero-order valence-electron chi connectivity index (χ0n) is 20.9. The maximum Gasteiger partial charge on any atom is 0.233 e. The molecule has 188 valence electrons. The summed E-state index contributed by atoms with van der Waals surface area (Å²) in [5.41, 5.74) is 4.51. The number of phenols is 1. The molecule has 2 fully saturated rings. The highest BCUT2D eigenvalue weighted by Crippen LogP contribution is 2.49. The number of imide groups is 1. The average Bonchev–Trinajstić information content (AvgIpc) is 3.41. The molecule has 6 nitrogen and oxygen atoms in total. The summed E-state index contributed by atoms with van der Waals surface area (Å²) in [6.45, 7) is 2.99. The maximum absolute atomic E-state index is 13.0. The first kappa shape index (κ1) is 24.3. The van der Waals surface area contributed by atoms with Gasteiger partial charge in [-0.3, -0.25) is 14.5 Å². The number of phenolic OH excluding ortho intramolecular Hbond substituents is 1. The second kappa shape index (κ2) is 10.3. The summed E-state index contributed by atoms with van der Waals surface area (Å²) in [6.07, 6.45) is 5.12. The molecule has 0 bridgehead atoms. The summed E-state index contributed by atoms with van der Waals surface area (Å²) in [6, 6.07) is 16.9. The minimum atomic E-state index is -0.337. The molecule has 2 aromatic carbocycles. The van der Waals surface area contributed by atoms with Crippen molar-refractivity contribution in [1.82, 2.24) is 4.90 Å². The standard InChI is InChI=1S/C30H33NO5/c1-3-19(14-20-8-7-9-22(32)15-20)12-13-26-27-21(17-35-23-10-5-4-6-11-23)16-24-28(25(27)18-36-26)30(34)31(2)29(24)33/h4-11,14-15,24-26,28,32H,3,12-13,16-18H2,1-2H3/b19-14+/t24-,25+,26-,28-/m1/s1. The second-order valence-corrected chi connectivity index (χ2v) is 9.95. The SMILES string of the molecule is CC/C(=C\c1cccc(O)c1)CC[C@H]1OC[C@H]2C1=C(COc1ccccc1)C[C@H]1C(=O)N(C)C(=O)[C@H]12. The lowest BCUT2D eigenvalue weighted by atomic mass is 9.69. The number of allylic oxidation sites excluding steroid dienone is 1. The fraction of sp³-hybridized carbons (Fsp3) is 0.400. The number of amides is 2. The normalized spacial score (nSPS) is 25.8. The van der Waals surface area contributed by atoms with E-state index in [9.17, 15) is 14.7 Å². The molecule has 4 atom stereocenters. The van der Waals surface area contributed by atoms with Gasteiger partial charge in [0.05, 0.1) is 24.5 Å². The molecule has 2 aliphatic heterocycles. The molecule has 2 saturated heterocycles. The largest absolute Gasteiger partial charge is 0.508 e. The molecule has 3 aliphatic rings. The van der Waals surface area contributed by atoms with E-state index in [2.05, 4.69) is 13.0 Å². The van der Waals surface area contributed by atoms with E-state index in [1.54, 1.807) is 19.2 Å². The minimum absolute atomic E-state index is 0.0790. The van der Waals surface area contributed by atoms with Crippen LogP contribution >= 0.6 is 0 Å². The highest BCUT2D eigenvalue weighted by atomic mass is 16.5. The number of ether oxygens (including phenoxy) is 2. The van der Waals surface area contributed by atoms with Crippen LogP contribution in [0, 0.1) is 17.8 Å². The van der Waals surface area contributed by atoms with Crippen LogP contribution in [0.1, 0.15) is 38.2 Å². The van der Waals surface area contributed by atoms with E-state index in [0.29, 0.717) is 19.6 Å². The van der Waals surface area contributed by atoms with Crippen molar-refractivity contribution in [3.05, 3.63) is 76.9 Å². The highest BCUT2D eigenvalue weighted by Gasteiger charge is 2.56. The predicted octanol–water partition coefficient (Wildman–Crippen LogP) is 4.99. The van der Waals surface area contributed by atoms with Crippen molar-refractivity contribution in [2.75, 3.05) is 20.3 Å². The summed E-state index contributed by atoms with van der Waals surface area (Å²) < 4.78 is 12.4. The molecule has 0 unspecified atom stereocenters. The average molecular weight is 488 g/mol. The van der Waals surface area contributed by atoms with Gasteiger partial charge in [0, 0.05) is 13.0 Å². The fourth-order valence-corrected chi connectivity index (χ4v) is 5.97. The van der Waals surface area contributed by atoms with Crippen LogP contribution in [-0.2, 0) is 14.3 Å². The Morgan fingerprint density at radius 1 is 1.11 bits per heavy atom. The summed E-state index contributed by atoms with van der Waals surface area (Å²) >= 11 is 0. The number of aromatic hydroxyl groups is 1. The second-order valence-electron chi connectivity index (χ2n) is 9.95. The van der Waals surface area contributed by atoms with Crippen LogP contribution in [0.5, 0.6) is 11.5 Å². The molecule has 0 spiro atoms. The van der Waals surface area contributed by atoms with E-state index in [1.807, 2.05) is 42.5 Å². The smallest absolute Gasteiger partial charge is 0.233 e. The molecular weight excluding hydrogens is 454 g/mol. The van der Waals surface area contributed by atoms with Crippen LogP contribution in [0.2, 0.25) is 0 Å². The quantitative estimate of drug-likeness (QED) is 0.419. The maximum atomic E-state index is 13.0. The van der Waals surface area contributed by atoms with Crippen LogP contribution < -0.4 is 4.74 Å². The molecule has 1 aliphatic carbocycles. The number of likely N-dealkylation sites (tertiary alicyclic amines) is 1. The summed E-state index contributed by atoms with van der Waals surface area (Å²) in [7, 11) is 1.59. The Bertz CT molecular complexity index is 1200. The lowest BCUT2D eigenvalue weighted by Crippen LogP contribution is -2.35. The lowest BCUT2D eigenvalue weighted by molar-refractivity contribution is -0.138. The van der Waals surface area contributed by atoms with E-state index in [-0.39, 0.29) is 41.4 Å². The van der Waals surface area contributed by atoms with Crippen LogP contribution in [-0.4, -0.2) is 48.2 Å². The van der Waals surface area contributed by atoms with Crippen molar-refractivity contribution in [3.8, 4) is 11.5 Å². The van der Waals surface area contributed by atoms with Gasteiger partial charge >= 0.3 is 0 Å². The van der Waals surface area contributed by atoms with Gasteiger partial charge in [-0.25, -0.2) is 0 Å². The van der Waals surface area contributed by atoms with Crippen molar-refractivity contribution < 1.29 is 24.2 Å². The number of para-hydroxylation sites is 1. The first-order valence-electron chi connectivity index (χ1n) is 12.8. The van der Waals surface area contributed by atoms with Crippen LogP contribution in [0.25, 0.3) is 6.08 Å². The van der Waals surface area contributed by atoms with Crippen molar-refractivity contribution in [2.24, 2.45) is 17.8 Å². The zero-order chi connectivity index (χ0) is 25.2. The number of hydrogen-bond donors (Lipinski definition) is 1. The van der Waals surface area contributed by atoms with Crippen molar-refractivity contribution >= 4 is 17.9 Å². The first-order valence-corrected chi connectivity index (χ1v) is 12.8. The van der Waals surface area contributed by atoms with Gasteiger partial charge in [-0.1, -0.05) is 48.9 Å². The van der Waals surface area contributed by atoms with Gasteiger partial charge < -0.3 is 14.6 Å². The predicted molar refractivity (Wildman–Crippen MR) is 137 cm³/mol. The number of carbonyl (C=O) groups is 2. The Hall–Kier alpha value is -3.38. The summed E-state index contributed by atoms with van der Waals surface area (Å²) in [5.74, 6) is 0.121. The van der Waals surface area contributed by atoms with Gasteiger partial charge in [0.25, 0.3) is 0 Å². The Labute approximate surface area is 212 Å². The Kier molecular flexibility index (Phi) is 6.97. The monoisotopic (exact) mass is 487 g/mol. The van der Waals surface area contributed by atoms with E-state index >= 15 is 0 Å². The number of benzene rings is 2. The molecule has 2 aromatic rings. The summed E-state index contributed by atoms with van der Waals surface area (Å²) in [5, 5.41) is 9.80. The Balaban J connectivity index is 1.39. The third kappa shape index (κ3) is 4.70. The van der Waals surface area contributed by atoms with Gasteiger partial charge in [0.2, 0.25) is 11.8 Å². The molecule has 0 saturated carbocycles. The third-order valence-electron chi connectivity index (χ3n) is 7.81. The van der Waals surface area contributed by atoms with Crippen LogP contribution in [0.15, 0.2) is 71.3 Å². The summed E-state index contributed by atoms with van der Waals surface area (Å²) in [4.78, 5) is 27.2. The Morgan fingerprint density at radius 2 is 1.92 bits per heavy atom. The Morgan fingerprint density at radius 3 is 2.67 bits per heavy atom. The third-order valence-corrected chi connectivity index (χ3v) is 7.81. The number of hydrogen-bond acceptors (Lipinski definition) is 5. The highest BCUT2D eigenvalue weighted by molar-refractivity contribution is 6.05.